The summed E-state index contributed by atoms with van der Waals surface area (Å²) in [6.07, 6.45) is 0. The Hall–Kier alpha value is -1.49. The van der Waals surface area contributed by atoms with Crippen LogP contribution in [-0.4, -0.2) is 32.5 Å². The van der Waals surface area contributed by atoms with Crippen molar-refractivity contribution in [1.82, 2.24) is 0 Å². The van der Waals surface area contributed by atoms with E-state index in [1.54, 1.807) is 31.2 Å². The van der Waals surface area contributed by atoms with Gasteiger partial charge in [-0.3, -0.25) is 4.99 Å². The van der Waals surface area contributed by atoms with Gasteiger partial charge in [-0.05, 0) is 19.1 Å². The van der Waals surface area contributed by atoms with Crippen molar-refractivity contribution in [1.29, 1.82) is 0 Å². The number of hydrogen-bond donors (Lipinski definition) is 2. The minimum atomic E-state index is -1.08. The smallest absolute Gasteiger partial charge is 0.332 e. The average Bonchev–Trinajstić information content (AvgIpc) is 2.63. The number of phenolic OH excluding ortho intramolecular Hbond substituents is 1. The maximum atomic E-state index is 11.0. The summed E-state index contributed by atoms with van der Waals surface area (Å²) in [5.74, 6) is -0.416. The molecular weight excluding hydrogens is 226 g/mol. The molecule has 1 aromatic rings. The number of aliphatic carboxylic acids is 1. The summed E-state index contributed by atoms with van der Waals surface area (Å²) >= 11 is 1.35. The second-order valence-corrected chi connectivity index (χ2v) is 4.77. The van der Waals surface area contributed by atoms with Gasteiger partial charge in [-0.2, -0.15) is 0 Å². The molecule has 1 atom stereocenters. The molecule has 0 radical (unpaired) electrons. The van der Waals surface area contributed by atoms with Gasteiger partial charge in [0.25, 0.3) is 0 Å². The van der Waals surface area contributed by atoms with E-state index in [1.165, 1.54) is 11.8 Å². The Morgan fingerprint density at radius 3 is 2.75 bits per heavy atom. The number of aliphatic imine (C=N–C) groups is 1. The molecule has 4 nitrogen and oxygen atoms in total. The molecule has 2 N–H and O–H groups in total. The number of carbonyl (C=O) groups is 1. The number of benzene rings is 1. The third kappa shape index (κ3) is 1.78. The number of phenols is 1. The van der Waals surface area contributed by atoms with Crippen LogP contribution in [0.15, 0.2) is 29.3 Å². The van der Waals surface area contributed by atoms with Gasteiger partial charge in [0, 0.05) is 11.3 Å². The van der Waals surface area contributed by atoms with Crippen LogP contribution < -0.4 is 0 Å². The summed E-state index contributed by atoms with van der Waals surface area (Å²) in [4.78, 5) is 15.2. The van der Waals surface area contributed by atoms with Crippen LogP contribution in [0, 0.1) is 0 Å². The molecule has 1 heterocycles. The number of para-hydroxylation sites is 1. The van der Waals surface area contributed by atoms with Crippen molar-refractivity contribution >= 4 is 22.8 Å². The Balaban J connectivity index is 2.39. The molecule has 0 saturated carbocycles. The van der Waals surface area contributed by atoms with E-state index >= 15 is 0 Å². The van der Waals surface area contributed by atoms with Crippen LogP contribution in [0.2, 0.25) is 0 Å². The first-order chi connectivity index (χ1) is 7.53. The molecule has 0 unspecified atom stereocenters. The second-order valence-electron chi connectivity index (χ2n) is 3.80. The Kier molecular flexibility index (Phi) is 2.63. The summed E-state index contributed by atoms with van der Waals surface area (Å²) in [7, 11) is 0. The highest BCUT2D eigenvalue weighted by Crippen LogP contribution is 2.33. The van der Waals surface area contributed by atoms with Gasteiger partial charge in [-0.1, -0.05) is 12.1 Å². The molecule has 0 amide bonds. The monoisotopic (exact) mass is 237 g/mol. The molecular formula is C11H11NO3S. The molecule has 0 fully saturated rings. The number of thioether (sulfide) groups is 1. The van der Waals surface area contributed by atoms with E-state index in [4.69, 9.17) is 5.11 Å². The standard InChI is InChI=1S/C11H11NO3S/c1-11(10(14)15)6-16-9(12-11)7-4-2-3-5-8(7)13/h2-5,13H,6H2,1H3,(H,14,15)/t11-/m1/s1. The molecule has 1 aromatic carbocycles. The lowest BCUT2D eigenvalue weighted by molar-refractivity contribution is -0.141. The highest BCUT2D eigenvalue weighted by atomic mass is 32.2. The SMILES string of the molecule is C[C@]1(C(=O)O)CSC(c2ccccc2O)=N1. The van der Waals surface area contributed by atoms with Crippen LogP contribution >= 0.6 is 11.8 Å². The Morgan fingerprint density at radius 1 is 1.50 bits per heavy atom. The van der Waals surface area contributed by atoms with Gasteiger partial charge in [0.05, 0.1) is 0 Å². The van der Waals surface area contributed by atoms with Crippen molar-refractivity contribution in [2.45, 2.75) is 12.5 Å². The van der Waals surface area contributed by atoms with Crippen LogP contribution in [0.1, 0.15) is 12.5 Å². The molecule has 0 aliphatic carbocycles. The lowest BCUT2D eigenvalue weighted by atomic mass is 10.1. The number of rotatable bonds is 2. The van der Waals surface area contributed by atoms with Gasteiger partial charge in [-0.25, -0.2) is 4.79 Å². The number of carboxylic acid groups (broad SMARTS) is 1. The molecule has 0 spiro atoms. The van der Waals surface area contributed by atoms with E-state index < -0.39 is 11.5 Å². The zero-order valence-corrected chi connectivity index (χ0v) is 9.49. The van der Waals surface area contributed by atoms with Gasteiger partial charge in [0.2, 0.25) is 0 Å². The molecule has 1 aliphatic rings. The minimum Gasteiger partial charge on any atom is -0.507 e. The van der Waals surface area contributed by atoms with Crippen LogP contribution in [0.4, 0.5) is 0 Å². The average molecular weight is 237 g/mol. The largest absolute Gasteiger partial charge is 0.507 e. The maximum absolute atomic E-state index is 11.0. The van der Waals surface area contributed by atoms with Gasteiger partial charge in [-0.15, -0.1) is 11.8 Å². The highest BCUT2D eigenvalue weighted by Gasteiger charge is 2.38. The first kappa shape index (κ1) is 11.0. The fraction of sp³-hybridized carbons (Fsp3) is 0.273. The van der Waals surface area contributed by atoms with E-state index in [9.17, 15) is 9.90 Å². The Morgan fingerprint density at radius 2 is 2.19 bits per heavy atom. The number of hydrogen-bond acceptors (Lipinski definition) is 4. The lowest BCUT2D eigenvalue weighted by Gasteiger charge is -2.11. The molecule has 1 aliphatic heterocycles. The van der Waals surface area contributed by atoms with Gasteiger partial charge in [0.1, 0.15) is 10.8 Å². The van der Waals surface area contributed by atoms with Crippen LogP contribution in [0.5, 0.6) is 5.75 Å². The number of carboxylic acids is 1. The Bertz CT molecular complexity index is 472. The molecule has 0 aromatic heterocycles. The lowest BCUT2D eigenvalue weighted by Crippen LogP contribution is -2.33. The zero-order valence-electron chi connectivity index (χ0n) is 8.67. The normalized spacial score (nSPS) is 24.2. The summed E-state index contributed by atoms with van der Waals surface area (Å²) in [6.45, 7) is 1.58. The maximum Gasteiger partial charge on any atom is 0.332 e. The van der Waals surface area contributed by atoms with E-state index in [-0.39, 0.29) is 5.75 Å². The summed E-state index contributed by atoms with van der Waals surface area (Å²) in [5, 5.41) is 19.2. The van der Waals surface area contributed by atoms with Crippen molar-refractivity contribution in [2.24, 2.45) is 4.99 Å². The fourth-order valence-electron chi connectivity index (χ4n) is 1.40. The van der Waals surface area contributed by atoms with E-state index in [2.05, 4.69) is 4.99 Å². The second kappa shape index (κ2) is 3.83. The molecule has 16 heavy (non-hydrogen) atoms. The first-order valence-electron chi connectivity index (χ1n) is 4.77. The van der Waals surface area contributed by atoms with Crippen molar-refractivity contribution < 1.29 is 15.0 Å². The zero-order chi connectivity index (χ0) is 11.8. The number of aromatic hydroxyl groups is 1. The highest BCUT2D eigenvalue weighted by molar-refractivity contribution is 8.14. The molecule has 5 heteroatoms. The van der Waals surface area contributed by atoms with Crippen molar-refractivity contribution in [3.8, 4) is 5.75 Å². The van der Waals surface area contributed by atoms with Crippen LogP contribution in [-0.2, 0) is 4.79 Å². The van der Waals surface area contributed by atoms with E-state index in [1.807, 2.05) is 0 Å². The molecule has 2 rings (SSSR count). The molecule has 0 saturated heterocycles. The van der Waals surface area contributed by atoms with Gasteiger partial charge in [0.15, 0.2) is 5.54 Å². The molecule has 84 valence electrons. The quantitative estimate of drug-likeness (QED) is 0.821. The minimum absolute atomic E-state index is 0.128. The van der Waals surface area contributed by atoms with Gasteiger partial charge >= 0.3 is 5.97 Å². The number of nitrogens with zero attached hydrogens (tertiary/aromatic N) is 1. The van der Waals surface area contributed by atoms with E-state index in [0.29, 0.717) is 16.4 Å². The van der Waals surface area contributed by atoms with Crippen molar-refractivity contribution in [3.63, 3.8) is 0 Å². The van der Waals surface area contributed by atoms with E-state index in [0.717, 1.165) is 0 Å². The van der Waals surface area contributed by atoms with Crippen molar-refractivity contribution in [3.05, 3.63) is 29.8 Å². The van der Waals surface area contributed by atoms with Crippen LogP contribution in [0.25, 0.3) is 0 Å². The fourth-order valence-corrected chi connectivity index (χ4v) is 2.60. The third-order valence-corrected chi connectivity index (χ3v) is 3.72. The summed E-state index contributed by atoms with van der Waals surface area (Å²) < 4.78 is 0. The third-order valence-electron chi connectivity index (χ3n) is 2.43. The predicted octanol–water partition coefficient (Wildman–Crippen LogP) is 1.73. The van der Waals surface area contributed by atoms with Crippen LogP contribution in [0.3, 0.4) is 0 Å². The molecule has 0 bridgehead atoms. The van der Waals surface area contributed by atoms with Crippen molar-refractivity contribution in [2.75, 3.05) is 5.75 Å². The summed E-state index contributed by atoms with van der Waals surface area (Å²) in [5.41, 5.74) is -0.486. The predicted molar refractivity (Wildman–Crippen MR) is 63.1 cm³/mol. The van der Waals surface area contributed by atoms with Gasteiger partial charge < -0.3 is 10.2 Å². The topological polar surface area (TPSA) is 69.9 Å². The first-order valence-corrected chi connectivity index (χ1v) is 5.76. The summed E-state index contributed by atoms with van der Waals surface area (Å²) in [6, 6.07) is 6.80. The Labute approximate surface area is 97.0 Å².